The molecule has 0 fully saturated rings. The van der Waals surface area contributed by atoms with Crippen LogP contribution in [0.1, 0.15) is 36.2 Å². The quantitative estimate of drug-likeness (QED) is 0.887. The van der Waals surface area contributed by atoms with Crippen molar-refractivity contribution in [2.45, 2.75) is 39.7 Å². The van der Waals surface area contributed by atoms with E-state index < -0.39 is 0 Å². The molecule has 0 bridgehead atoms. The lowest BCUT2D eigenvalue weighted by Gasteiger charge is -2.13. The first-order valence-electron chi connectivity index (χ1n) is 6.21. The zero-order chi connectivity index (χ0) is 13.2. The minimum absolute atomic E-state index is 0.144. The minimum atomic E-state index is 0.144. The van der Waals surface area contributed by atoms with Crippen molar-refractivity contribution in [1.29, 1.82) is 0 Å². The summed E-state index contributed by atoms with van der Waals surface area (Å²) in [5.41, 5.74) is 2.62. The Balaban J connectivity index is 2.03. The Bertz CT molecular complexity index is 523. The molecule has 2 rings (SSSR count). The van der Waals surface area contributed by atoms with Gasteiger partial charge < -0.3 is 5.32 Å². The van der Waals surface area contributed by atoms with Crippen molar-refractivity contribution in [3.63, 3.8) is 0 Å². The molecule has 1 aromatic heterocycles. The summed E-state index contributed by atoms with van der Waals surface area (Å²) < 4.78 is 0. The van der Waals surface area contributed by atoms with Gasteiger partial charge in [0.15, 0.2) is 0 Å². The van der Waals surface area contributed by atoms with Gasteiger partial charge in [-0.1, -0.05) is 39.0 Å². The number of aryl methyl sites for hydroxylation is 1. The third kappa shape index (κ3) is 3.10. The van der Waals surface area contributed by atoms with Gasteiger partial charge in [0.05, 0.1) is 11.6 Å². The first kappa shape index (κ1) is 13.1. The highest BCUT2D eigenvalue weighted by atomic mass is 32.1. The normalized spacial score (nSPS) is 11.6. The summed E-state index contributed by atoms with van der Waals surface area (Å²) in [5, 5.41) is 4.66. The maximum absolute atomic E-state index is 4.50. The second kappa shape index (κ2) is 5.11. The molecule has 1 aromatic carbocycles. The molecule has 0 amide bonds. The molecule has 2 nitrogen and oxygen atoms in total. The standard InChI is InChI=1S/C15H20N2S/c1-11-7-5-6-8-13(11)16-9-12-10-17-14(18-12)15(2,3)4/h5-8,10,16H,9H2,1-4H3. The average molecular weight is 260 g/mol. The van der Waals surface area contributed by atoms with Gasteiger partial charge in [-0.15, -0.1) is 11.3 Å². The SMILES string of the molecule is Cc1ccccc1NCc1cnc(C(C)(C)C)s1. The van der Waals surface area contributed by atoms with E-state index in [4.69, 9.17) is 0 Å². The van der Waals surface area contributed by atoms with Crippen molar-refractivity contribution in [3.05, 3.63) is 45.9 Å². The van der Waals surface area contributed by atoms with Gasteiger partial charge in [0.25, 0.3) is 0 Å². The Morgan fingerprint density at radius 3 is 2.56 bits per heavy atom. The summed E-state index contributed by atoms with van der Waals surface area (Å²) in [7, 11) is 0. The summed E-state index contributed by atoms with van der Waals surface area (Å²) in [6.45, 7) is 9.56. The van der Waals surface area contributed by atoms with Gasteiger partial charge in [0, 0.05) is 22.2 Å². The van der Waals surface area contributed by atoms with Crippen LogP contribution in [0.3, 0.4) is 0 Å². The van der Waals surface area contributed by atoms with Gasteiger partial charge >= 0.3 is 0 Å². The van der Waals surface area contributed by atoms with Crippen molar-refractivity contribution >= 4 is 17.0 Å². The van der Waals surface area contributed by atoms with Crippen LogP contribution in [0.15, 0.2) is 30.5 Å². The molecule has 2 aromatic rings. The predicted molar refractivity (Wildman–Crippen MR) is 79.3 cm³/mol. The van der Waals surface area contributed by atoms with Gasteiger partial charge in [-0.05, 0) is 18.6 Å². The van der Waals surface area contributed by atoms with E-state index in [1.54, 1.807) is 11.3 Å². The molecule has 18 heavy (non-hydrogen) atoms. The fraction of sp³-hybridized carbons (Fsp3) is 0.400. The molecular formula is C15H20N2S. The Labute approximate surface area is 113 Å². The fourth-order valence-corrected chi connectivity index (χ4v) is 2.60. The van der Waals surface area contributed by atoms with E-state index in [1.165, 1.54) is 21.1 Å². The fourth-order valence-electron chi connectivity index (χ4n) is 1.69. The number of hydrogen-bond donors (Lipinski definition) is 1. The van der Waals surface area contributed by atoms with E-state index in [0.717, 1.165) is 6.54 Å². The lowest BCUT2D eigenvalue weighted by Crippen LogP contribution is -2.09. The van der Waals surface area contributed by atoms with Crippen LogP contribution in [-0.2, 0) is 12.0 Å². The second-order valence-electron chi connectivity index (χ2n) is 5.55. The number of para-hydroxylation sites is 1. The largest absolute Gasteiger partial charge is 0.380 e. The molecule has 0 aliphatic rings. The average Bonchev–Trinajstić information content (AvgIpc) is 2.76. The van der Waals surface area contributed by atoms with Gasteiger partial charge in [-0.3, -0.25) is 0 Å². The minimum Gasteiger partial charge on any atom is -0.380 e. The highest BCUT2D eigenvalue weighted by Gasteiger charge is 2.17. The van der Waals surface area contributed by atoms with Gasteiger partial charge in [0.1, 0.15) is 0 Å². The van der Waals surface area contributed by atoms with Gasteiger partial charge in [-0.25, -0.2) is 4.98 Å². The summed E-state index contributed by atoms with van der Waals surface area (Å²) in [6.07, 6.45) is 1.98. The Morgan fingerprint density at radius 1 is 1.22 bits per heavy atom. The van der Waals surface area contributed by atoms with E-state index in [-0.39, 0.29) is 5.41 Å². The predicted octanol–water partition coefficient (Wildman–Crippen LogP) is 4.36. The van der Waals surface area contributed by atoms with Crippen LogP contribution >= 0.6 is 11.3 Å². The maximum Gasteiger partial charge on any atom is 0.0981 e. The second-order valence-corrected chi connectivity index (χ2v) is 6.67. The number of hydrogen-bond acceptors (Lipinski definition) is 3. The maximum atomic E-state index is 4.50. The first-order valence-corrected chi connectivity index (χ1v) is 7.03. The number of rotatable bonds is 3. The Kier molecular flexibility index (Phi) is 3.71. The molecule has 96 valence electrons. The van der Waals surface area contributed by atoms with Gasteiger partial charge in [0.2, 0.25) is 0 Å². The molecule has 1 N–H and O–H groups in total. The summed E-state index contributed by atoms with van der Waals surface area (Å²) in [5.74, 6) is 0. The number of aromatic nitrogens is 1. The molecule has 0 aliphatic carbocycles. The summed E-state index contributed by atoms with van der Waals surface area (Å²) in [6, 6.07) is 8.35. The molecule has 0 atom stereocenters. The van der Waals surface area contributed by atoms with E-state index in [1.807, 2.05) is 6.20 Å². The molecule has 0 saturated heterocycles. The lowest BCUT2D eigenvalue weighted by atomic mass is 9.98. The number of thiazole rings is 1. The van der Waals surface area contributed by atoms with Crippen LogP contribution in [-0.4, -0.2) is 4.98 Å². The summed E-state index contributed by atoms with van der Waals surface area (Å²) >= 11 is 1.79. The van der Waals surface area contributed by atoms with Gasteiger partial charge in [-0.2, -0.15) is 0 Å². The molecule has 0 unspecified atom stereocenters. The third-order valence-electron chi connectivity index (χ3n) is 2.79. The van der Waals surface area contributed by atoms with Crippen LogP contribution in [0.5, 0.6) is 0 Å². The molecule has 3 heteroatoms. The Morgan fingerprint density at radius 2 is 1.94 bits per heavy atom. The Hall–Kier alpha value is -1.35. The van der Waals surface area contributed by atoms with Crippen molar-refractivity contribution in [2.75, 3.05) is 5.32 Å². The number of nitrogens with one attached hydrogen (secondary N) is 1. The van der Waals surface area contributed by atoms with Crippen molar-refractivity contribution in [2.24, 2.45) is 0 Å². The van der Waals surface area contributed by atoms with Crippen LogP contribution in [0.2, 0.25) is 0 Å². The van der Waals surface area contributed by atoms with E-state index in [9.17, 15) is 0 Å². The van der Waals surface area contributed by atoms with Crippen LogP contribution in [0.4, 0.5) is 5.69 Å². The topological polar surface area (TPSA) is 24.9 Å². The first-order chi connectivity index (χ1) is 8.47. The van der Waals surface area contributed by atoms with Crippen LogP contribution in [0.25, 0.3) is 0 Å². The smallest absolute Gasteiger partial charge is 0.0981 e. The number of nitrogens with zero attached hydrogens (tertiary/aromatic N) is 1. The molecule has 0 saturated carbocycles. The number of anilines is 1. The summed E-state index contributed by atoms with van der Waals surface area (Å²) in [4.78, 5) is 5.78. The lowest BCUT2D eigenvalue weighted by molar-refractivity contribution is 0.585. The molecule has 0 aliphatic heterocycles. The highest BCUT2D eigenvalue weighted by Crippen LogP contribution is 2.27. The van der Waals surface area contributed by atoms with Crippen molar-refractivity contribution in [3.8, 4) is 0 Å². The van der Waals surface area contributed by atoms with E-state index in [0.29, 0.717) is 0 Å². The highest BCUT2D eigenvalue weighted by molar-refractivity contribution is 7.11. The van der Waals surface area contributed by atoms with Crippen molar-refractivity contribution in [1.82, 2.24) is 4.98 Å². The van der Waals surface area contributed by atoms with Crippen LogP contribution < -0.4 is 5.32 Å². The molecule has 0 radical (unpaired) electrons. The third-order valence-corrected chi connectivity index (χ3v) is 4.22. The molecule has 0 spiro atoms. The zero-order valence-electron chi connectivity index (χ0n) is 11.4. The van der Waals surface area contributed by atoms with Crippen LogP contribution in [0, 0.1) is 6.92 Å². The van der Waals surface area contributed by atoms with E-state index >= 15 is 0 Å². The molecule has 1 heterocycles. The number of benzene rings is 1. The van der Waals surface area contributed by atoms with E-state index in [2.05, 4.69) is 62.3 Å². The van der Waals surface area contributed by atoms with Crippen molar-refractivity contribution < 1.29 is 0 Å². The monoisotopic (exact) mass is 260 g/mol. The molecular weight excluding hydrogens is 240 g/mol. The zero-order valence-corrected chi connectivity index (χ0v) is 12.3.